The van der Waals surface area contributed by atoms with Crippen molar-refractivity contribution >= 4 is 27.0 Å². The third kappa shape index (κ3) is 1.97. The summed E-state index contributed by atoms with van der Waals surface area (Å²) in [5.74, 6) is -0.623. The number of nitrogens with zero attached hydrogens (tertiary/aromatic N) is 1. The van der Waals surface area contributed by atoms with E-state index >= 15 is 0 Å². The Morgan fingerprint density at radius 3 is 2.82 bits per heavy atom. The Morgan fingerprint density at radius 2 is 2.05 bits per heavy atom. The van der Waals surface area contributed by atoms with Gasteiger partial charge in [0.2, 0.25) is 15.9 Å². The Hall–Kier alpha value is -2.13. The predicted octanol–water partition coefficient (Wildman–Crippen LogP) is -0.370. The second kappa shape index (κ2) is 4.43. The van der Waals surface area contributed by atoms with Gasteiger partial charge >= 0.3 is 5.76 Å². The summed E-state index contributed by atoms with van der Waals surface area (Å²) in [5.41, 5.74) is 0.660. The zero-order chi connectivity index (χ0) is 15.5. The molecular weight excluding hydrogens is 310 g/mol. The number of carbonyl (C=O) groups is 1. The summed E-state index contributed by atoms with van der Waals surface area (Å²) in [4.78, 5) is 25.0. The number of oxazole rings is 1. The second-order valence-corrected chi connectivity index (χ2v) is 7.57. The van der Waals surface area contributed by atoms with E-state index in [0.29, 0.717) is 18.5 Å². The molecule has 2 fully saturated rings. The molecule has 22 heavy (non-hydrogen) atoms. The Kier molecular flexibility index (Phi) is 2.73. The third-order valence-electron chi connectivity index (χ3n) is 4.23. The van der Waals surface area contributed by atoms with Crippen LogP contribution in [-0.2, 0) is 14.8 Å². The Bertz CT molecular complexity index is 913. The second-order valence-electron chi connectivity index (χ2n) is 5.63. The topological polar surface area (TPSA) is 112 Å². The number of sulfonamides is 1. The van der Waals surface area contributed by atoms with Gasteiger partial charge < -0.3 is 9.73 Å². The molecule has 9 heteroatoms. The lowest BCUT2D eigenvalue weighted by molar-refractivity contribution is -0.119. The highest BCUT2D eigenvalue weighted by molar-refractivity contribution is 7.89. The molecule has 1 aromatic heterocycles. The summed E-state index contributed by atoms with van der Waals surface area (Å²) in [7, 11) is -3.67. The summed E-state index contributed by atoms with van der Waals surface area (Å²) in [6, 6.07) is 4.17. The highest BCUT2D eigenvalue weighted by Gasteiger charge is 2.44. The molecule has 2 N–H and O–H groups in total. The quantitative estimate of drug-likeness (QED) is 0.783. The highest BCUT2D eigenvalue weighted by atomic mass is 32.2. The molecule has 1 amide bonds. The van der Waals surface area contributed by atoms with Crippen LogP contribution in [0.2, 0.25) is 0 Å². The smallest absolute Gasteiger partial charge is 0.408 e. The van der Waals surface area contributed by atoms with Gasteiger partial charge in [-0.25, -0.2) is 13.2 Å². The van der Waals surface area contributed by atoms with Gasteiger partial charge in [0.15, 0.2) is 5.58 Å². The van der Waals surface area contributed by atoms with Crippen LogP contribution < -0.4 is 11.1 Å². The van der Waals surface area contributed by atoms with Gasteiger partial charge in [-0.05, 0) is 12.1 Å². The van der Waals surface area contributed by atoms with Gasteiger partial charge in [-0.3, -0.25) is 9.78 Å². The predicted molar refractivity (Wildman–Crippen MR) is 75.6 cm³/mol. The van der Waals surface area contributed by atoms with Crippen molar-refractivity contribution in [1.82, 2.24) is 14.6 Å². The van der Waals surface area contributed by atoms with Crippen molar-refractivity contribution in [2.75, 3.05) is 13.1 Å². The van der Waals surface area contributed by atoms with Crippen LogP contribution in [0.1, 0.15) is 6.42 Å². The van der Waals surface area contributed by atoms with Crippen molar-refractivity contribution in [3.63, 3.8) is 0 Å². The standard InChI is InChI=1S/C13H13N3O5S/c17-12-3-7-5-16(6-10(7)14-12)22(19,20)8-1-2-9-11(4-8)21-13(18)15-9/h1-2,4,7,10H,3,5-6H2,(H,14,17)(H,15,18)/t7-,10+/m0/s1. The molecular formula is C13H13N3O5S. The Morgan fingerprint density at radius 1 is 1.23 bits per heavy atom. The number of fused-ring (bicyclic) bond motifs is 2. The SMILES string of the molecule is O=C1C[C@H]2CN(S(=O)(=O)c3ccc4[nH]c(=O)oc4c3)C[C@H]2N1. The summed E-state index contributed by atoms with van der Waals surface area (Å²) >= 11 is 0. The van der Waals surface area contributed by atoms with Crippen LogP contribution in [-0.4, -0.2) is 42.7 Å². The minimum Gasteiger partial charge on any atom is -0.408 e. The fourth-order valence-electron chi connectivity index (χ4n) is 3.14. The van der Waals surface area contributed by atoms with Gasteiger partial charge in [-0.1, -0.05) is 0 Å². The summed E-state index contributed by atoms with van der Waals surface area (Å²) in [5, 5.41) is 2.79. The van der Waals surface area contributed by atoms with E-state index < -0.39 is 15.8 Å². The van der Waals surface area contributed by atoms with E-state index in [4.69, 9.17) is 4.42 Å². The number of H-pyrrole nitrogens is 1. The minimum atomic E-state index is -3.67. The number of aromatic amines is 1. The molecule has 1 aromatic carbocycles. The maximum atomic E-state index is 12.7. The van der Waals surface area contributed by atoms with Crippen molar-refractivity contribution in [1.29, 1.82) is 0 Å². The zero-order valence-electron chi connectivity index (χ0n) is 11.4. The fraction of sp³-hybridized carbons (Fsp3) is 0.385. The fourth-order valence-corrected chi connectivity index (χ4v) is 4.68. The van der Waals surface area contributed by atoms with E-state index in [1.54, 1.807) is 0 Å². The molecule has 0 spiro atoms. The van der Waals surface area contributed by atoms with E-state index in [0.717, 1.165) is 0 Å². The maximum absolute atomic E-state index is 12.7. The van der Waals surface area contributed by atoms with E-state index in [9.17, 15) is 18.0 Å². The molecule has 116 valence electrons. The van der Waals surface area contributed by atoms with Crippen LogP contribution >= 0.6 is 0 Å². The summed E-state index contributed by atoms with van der Waals surface area (Å²) in [6.07, 6.45) is 0.363. The molecule has 0 radical (unpaired) electrons. The zero-order valence-corrected chi connectivity index (χ0v) is 12.2. The van der Waals surface area contributed by atoms with Gasteiger partial charge in [0, 0.05) is 37.5 Å². The number of nitrogens with one attached hydrogen (secondary N) is 2. The monoisotopic (exact) mass is 323 g/mol. The highest BCUT2D eigenvalue weighted by Crippen LogP contribution is 2.30. The number of benzene rings is 1. The van der Waals surface area contributed by atoms with Crippen molar-refractivity contribution in [3.8, 4) is 0 Å². The maximum Gasteiger partial charge on any atom is 0.417 e. The van der Waals surface area contributed by atoms with Crippen LogP contribution in [0.15, 0.2) is 32.3 Å². The van der Waals surface area contributed by atoms with E-state index in [1.165, 1.54) is 22.5 Å². The third-order valence-corrected chi connectivity index (χ3v) is 6.06. The molecule has 2 aliphatic heterocycles. The lowest BCUT2D eigenvalue weighted by atomic mass is 10.1. The van der Waals surface area contributed by atoms with Crippen LogP contribution in [0.25, 0.3) is 11.1 Å². The first kappa shape index (κ1) is 13.5. The van der Waals surface area contributed by atoms with Crippen molar-refractivity contribution in [2.45, 2.75) is 17.4 Å². The Balaban J connectivity index is 1.68. The summed E-state index contributed by atoms with van der Waals surface area (Å²) < 4.78 is 31.6. The lowest BCUT2D eigenvalue weighted by Gasteiger charge is -2.17. The van der Waals surface area contributed by atoms with Crippen LogP contribution in [0, 0.1) is 5.92 Å². The first-order valence-corrected chi connectivity index (χ1v) is 8.30. The number of aromatic nitrogens is 1. The molecule has 0 unspecified atom stereocenters. The number of carbonyl (C=O) groups excluding carboxylic acids is 1. The molecule has 0 aliphatic carbocycles. The first-order chi connectivity index (χ1) is 10.4. The average molecular weight is 323 g/mol. The number of rotatable bonds is 2. The molecule has 0 bridgehead atoms. The van der Waals surface area contributed by atoms with E-state index in [-0.39, 0.29) is 34.9 Å². The van der Waals surface area contributed by atoms with Crippen molar-refractivity contribution < 1.29 is 17.6 Å². The van der Waals surface area contributed by atoms with Crippen molar-refractivity contribution in [2.24, 2.45) is 5.92 Å². The van der Waals surface area contributed by atoms with Gasteiger partial charge in [0.25, 0.3) is 0 Å². The van der Waals surface area contributed by atoms with E-state index in [2.05, 4.69) is 10.3 Å². The van der Waals surface area contributed by atoms with Crippen LogP contribution in [0.4, 0.5) is 0 Å². The Labute approximate surface area is 125 Å². The molecule has 2 aromatic rings. The summed E-state index contributed by atoms with van der Waals surface area (Å²) in [6.45, 7) is 0.592. The number of hydrogen-bond donors (Lipinski definition) is 2. The number of hydrogen-bond acceptors (Lipinski definition) is 5. The van der Waals surface area contributed by atoms with Gasteiger partial charge in [-0.2, -0.15) is 4.31 Å². The lowest BCUT2D eigenvalue weighted by Crippen LogP contribution is -2.35. The van der Waals surface area contributed by atoms with Crippen LogP contribution in [0.5, 0.6) is 0 Å². The van der Waals surface area contributed by atoms with Gasteiger partial charge in [0.1, 0.15) is 0 Å². The molecule has 2 atom stereocenters. The largest absolute Gasteiger partial charge is 0.417 e. The van der Waals surface area contributed by atoms with Gasteiger partial charge in [-0.15, -0.1) is 0 Å². The normalized spacial score (nSPS) is 25.5. The minimum absolute atomic E-state index is 0.0243. The molecule has 3 heterocycles. The first-order valence-electron chi connectivity index (χ1n) is 6.86. The van der Waals surface area contributed by atoms with Gasteiger partial charge in [0.05, 0.1) is 10.4 Å². The van der Waals surface area contributed by atoms with E-state index in [1.807, 2.05) is 0 Å². The molecule has 2 saturated heterocycles. The van der Waals surface area contributed by atoms with Crippen molar-refractivity contribution in [3.05, 3.63) is 28.7 Å². The molecule has 4 rings (SSSR count). The number of amides is 1. The molecule has 8 nitrogen and oxygen atoms in total. The van der Waals surface area contributed by atoms with Crippen LogP contribution in [0.3, 0.4) is 0 Å². The molecule has 2 aliphatic rings. The average Bonchev–Trinajstić information content (AvgIpc) is 3.08. The molecule has 0 saturated carbocycles.